The number of benzene rings is 13. The van der Waals surface area contributed by atoms with Crippen molar-refractivity contribution in [3.8, 4) is 33.4 Å². The Morgan fingerprint density at radius 3 is 1.18 bits per heavy atom. The Morgan fingerprint density at radius 2 is 0.603 bits per heavy atom. The van der Waals surface area contributed by atoms with Gasteiger partial charge >= 0.3 is 0 Å². The second-order valence-electron chi connectivity index (χ2n) is 20.2. The van der Waals surface area contributed by atoms with Crippen LogP contribution in [0.5, 0.6) is 0 Å². The molecule has 0 radical (unpaired) electrons. The first-order valence-electron chi connectivity index (χ1n) is 25.6. The van der Waals surface area contributed by atoms with Gasteiger partial charge in [-0.15, -0.1) is 0 Å². The highest BCUT2D eigenvalue weighted by molar-refractivity contribution is 6.26. The summed E-state index contributed by atoms with van der Waals surface area (Å²) in [6.45, 7) is 0. The zero-order valence-corrected chi connectivity index (χ0v) is 39.9. The molecule has 0 unspecified atom stereocenters. The zero-order valence-electron chi connectivity index (χ0n) is 39.9. The van der Waals surface area contributed by atoms with E-state index in [4.69, 9.17) is 0 Å². The number of fused-ring (bicyclic) bond motifs is 23. The van der Waals surface area contributed by atoms with Gasteiger partial charge in [-0.3, -0.25) is 0 Å². The van der Waals surface area contributed by atoms with Gasteiger partial charge in [-0.2, -0.15) is 0 Å². The standard InChI is InChI=1S/C72H45N/c1-2-19-47-42-51(38-36-46(47)18-1)73(52-39-41-57-55-24-4-3-22-53(55)54-23-5-6-25-56(54)62(57)45-52)50-21-17-20-48(43-50)49-37-40-61-60-28-9-12-31-65(60)72(70(61)44-49)68-34-15-13-32-66(68)71(67-33-14-16-35-69(67)72)63-29-10-7-26-58(63)59-27-8-11-30-64(59)71/h1-45H. The summed E-state index contributed by atoms with van der Waals surface area (Å²) in [5.74, 6) is 0. The first-order chi connectivity index (χ1) is 36.2. The van der Waals surface area contributed by atoms with Crippen LogP contribution in [0, 0.1) is 0 Å². The summed E-state index contributed by atoms with van der Waals surface area (Å²) >= 11 is 0. The molecule has 0 saturated heterocycles. The Hall–Kier alpha value is -9.30. The third kappa shape index (κ3) is 5.36. The van der Waals surface area contributed by atoms with Gasteiger partial charge in [-0.25, -0.2) is 0 Å². The molecule has 0 aliphatic heterocycles. The van der Waals surface area contributed by atoms with Gasteiger partial charge in [0, 0.05) is 17.1 Å². The molecule has 1 heteroatoms. The molecule has 73 heavy (non-hydrogen) atoms. The molecule has 0 aromatic heterocycles. The van der Waals surface area contributed by atoms with Crippen LogP contribution < -0.4 is 4.90 Å². The van der Waals surface area contributed by atoms with Crippen LogP contribution in [0.15, 0.2) is 273 Å². The maximum atomic E-state index is 2.53. The molecule has 0 amide bonds. The summed E-state index contributed by atoms with van der Waals surface area (Å²) in [6.07, 6.45) is 0. The normalized spacial score (nSPS) is 14.0. The van der Waals surface area contributed by atoms with Gasteiger partial charge in [0.15, 0.2) is 0 Å². The second kappa shape index (κ2) is 15.1. The van der Waals surface area contributed by atoms with E-state index in [0.717, 1.165) is 17.1 Å². The molecule has 0 N–H and O–H groups in total. The van der Waals surface area contributed by atoms with E-state index in [9.17, 15) is 0 Å². The molecule has 13 aromatic rings. The molecule has 3 aliphatic carbocycles. The summed E-state index contributed by atoms with van der Waals surface area (Å²) in [5.41, 5.74) is 20.6. The van der Waals surface area contributed by atoms with Crippen molar-refractivity contribution in [2.24, 2.45) is 0 Å². The van der Waals surface area contributed by atoms with Crippen molar-refractivity contribution < 1.29 is 0 Å². The monoisotopic (exact) mass is 923 g/mol. The highest BCUT2D eigenvalue weighted by Gasteiger charge is 2.58. The minimum absolute atomic E-state index is 0.483. The van der Waals surface area contributed by atoms with Crippen molar-refractivity contribution in [3.63, 3.8) is 0 Å². The summed E-state index contributed by atoms with van der Waals surface area (Å²) < 4.78 is 0. The fourth-order valence-electron chi connectivity index (χ4n) is 14.0. The fourth-order valence-corrected chi connectivity index (χ4v) is 14.0. The molecule has 338 valence electrons. The molecule has 0 heterocycles. The Kier molecular flexibility index (Phi) is 8.37. The van der Waals surface area contributed by atoms with Crippen molar-refractivity contribution >= 4 is 60.2 Å². The number of hydrogen-bond acceptors (Lipinski definition) is 1. The Morgan fingerprint density at radius 1 is 0.205 bits per heavy atom. The highest BCUT2D eigenvalue weighted by atomic mass is 15.1. The maximum Gasteiger partial charge on any atom is 0.0720 e. The second-order valence-corrected chi connectivity index (χ2v) is 20.2. The number of anilines is 3. The minimum Gasteiger partial charge on any atom is -0.310 e. The lowest BCUT2D eigenvalue weighted by atomic mass is 9.52. The molecule has 1 nitrogen and oxygen atoms in total. The lowest BCUT2D eigenvalue weighted by Crippen LogP contribution is -2.43. The molecule has 0 saturated carbocycles. The van der Waals surface area contributed by atoms with E-state index >= 15 is 0 Å². The van der Waals surface area contributed by atoms with Crippen LogP contribution in [0.3, 0.4) is 0 Å². The van der Waals surface area contributed by atoms with Crippen LogP contribution in [-0.4, -0.2) is 0 Å². The Labute approximate surface area is 424 Å². The highest BCUT2D eigenvalue weighted by Crippen LogP contribution is 2.67. The van der Waals surface area contributed by atoms with Gasteiger partial charge in [-0.1, -0.05) is 231 Å². The fraction of sp³-hybridized carbons (Fsp3) is 0.0278. The number of rotatable bonds is 4. The third-order valence-corrected chi connectivity index (χ3v) is 16.9. The topological polar surface area (TPSA) is 3.24 Å². The number of hydrogen-bond donors (Lipinski definition) is 0. The van der Waals surface area contributed by atoms with Crippen molar-refractivity contribution in [1.82, 2.24) is 0 Å². The molecule has 0 atom stereocenters. The largest absolute Gasteiger partial charge is 0.310 e. The van der Waals surface area contributed by atoms with Gasteiger partial charge in [0.05, 0.1) is 10.8 Å². The third-order valence-electron chi connectivity index (χ3n) is 16.9. The van der Waals surface area contributed by atoms with Crippen LogP contribution in [0.25, 0.3) is 76.5 Å². The van der Waals surface area contributed by atoms with E-state index < -0.39 is 10.8 Å². The molecule has 0 bridgehead atoms. The van der Waals surface area contributed by atoms with Crippen molar-refractivity contribution in [2.45, 2.75) is 10.8 Å². The SMILES string of the molecule is c1cc(-c2ccc3c(c2)C2(c4ccccc4-3)c3ccccc3C3(c4ccccc4-c4ccccc43)c3ccccc32)cc(N(c2ccc3ccccc3c2)c2ccc3c4ccccc4c4ccccc4c3c2)c1. The minimum atomic E-state index is -0.570. The lowest BCUT2D eigenvalue weighted by molar-refractivity contribution is 0.633. The van der Waals surface area contributed by atoms with Gasteiger partial charge in [-0.05, 0) is 163 Å². The van der Waals surface area contributed by atoms with Gasteiger partial charge < -0.3 is 4.90 Å². The molecule has 16 rings (SSSR count). The molecule has 3 aliphatic rings. The first-order valence-corrected chi connectivity index (χ1v) is 25.6. The van der Waals surface area contributed by atoms with Crippen LogP contribution in [0.1, 0.15) is 44.5 Å². The average Bonchev–Trinajstić information content (AvgIpc) is 3.94. The van der Waals surface area contributed by atoms with Crippen molar-refractivity contribution in [2.75, 3.05) is 4.90 Å². The summed E-state index contributed by atoms with van der Waals surface area (Å²) in [7, 11) is 0. The van der Waals surface area contributed by atoms with E-state index in [0.29, 0.717) is 0 Å². The van der Waals surface area contributed by atoms with Crippen LogP contribution in [-0.2, 0) is 10.8 Å². The zero-order chi connectivity index (χ0) is 47.8. The van der Waals surface area contributed by atoms with E-state index in [1.54, 1.807) is 0 Å². The molecule has 2 spiro atoms. The van der Waals surface area contributed by atoms with Crippen LogP contribution in [0.2, 0.25) is 0 Å². The van der Waals surface area contributed by atoms with E-state index in [1.807, 2.05) is 0 Å². The Bertz CT molecular complexity index is 4350. The van der Waals surface area contributed by atoms with Gasteiger partial charge in [0.2, 0.25) is 0 Å². The molecule has 0 fully saturated rings. The lowest BCUT2D eigenvalue weighted by Gasteiger charge is -2.48. The first kappa shape index (κ1) is 40.4. The maximum absolute atomic E-state index is 2.53. The summed E-state index contributed by atoms with van der Waals surface area (Å²) in [4.78, 5) is 2.45. The predicted octanol–water partition coefficient (Wildman–Crippen LogP) is 18.5. The van der Waals surface area contributed by atoms with E-state index in [-0.39, 0.29) is 0 Å². The van der Waals surface area contributed by atoms with Crippen LogP contribution >= 0.6 is 0 Å². The van der Waals surface area contributed by atoms with Crippen LogP contribution in [0.4, 0.5) is 17.1 Å². The van der Waals surface area contributed by atoms with E-state index in [2.05, 4.69) is 278 Å². The number of nitrogens with zero attached hydrogens (tertiary/aromatic N) is 1. The van der Waals surface area contributed by atoms with E-state index in [1.165, 1.54) is 121 Å². The summed E-state index contributed by atoms with van der Waals surface area (Å²) in [5, 5.41) is 10.0. The molecular formula is C72H45N. The summed E-state index contributed by atoms with van der Waals surface area (Å²) in [6, 6.07) is 103. The van der Waals surface area contributed by atoms with Gasteiger partial charge in [0.1, 0.15) is 0 Å². The van der Waals surface area contributed by atoms with Crippen molar-refractivity contribution in [3.05, 3.63) is 317 Å². The van der Waals surface area contributed by atoms with Crippen molar-refractivity contribution in [1.29, 1.82) is 0 Å². The average molecular weight is 924 g/mol. The predicted molar refractivity (Wildman–Crippen MR) is 305 cm³/mol. The molecule has 13 aromatic carbocycles. The van der Waals surface area contributed by atoms with Gasteiger partial charge in [0.25, 0.3) is 0 Å². The quantitative estimate of drug-likeness (QED) is 0.159. The molecular weight excluding hydrogens is 879 g/mol. The smallest absolute Gasteiger partial charge is 0.0720 e. The Balaban J connectivity index is 0.918.